The highest BCUT2D eigenvalue weighted by Gasteiger charge is 2.12. The lowest BCUT2D eigenvalue weighted by molar-refractivity contribution is 0.282. The Bertz CT molecular complexity index is 1130. The number of benzene rings is 3. The second kappa shape index (κ2) is 9.51. The van der Waals surface area contributed by atoms with E-state index in [4.69, 9.17) is 21.1 Å². The second-order valence-corrected chi connectivity index (χ2v) is 8.12. The van der Waals surface area contributed by atoms with Gasteiger partial charge in [-0.15, -0.1) is 0 Å². The number of hydrogen-bond acceptors (Lipinski definition) is 4. The van der Waals surface area contributed by atoms with Crippen LogP contribution in [0.4, 0.5) is 0 Å². The fourth-order valence-electron chi connectivity index (χ4n) is 3.21. The number of imidazole rings is 1. The van der Waals surface area contributed by atoms with Gasteiger partial charge in [-0.25, -0.2) is 4.98 Å². The molecule has 0 saturated carbocycles. The molecule has 0 spiro atoms. The third-order valence-corrected chi connectivity index (χ3v) is 5.45. The van der Waals surface area contributed by atoms with Crippen LogP contribution in [0.1, 0.15) is 17.0 Å². The van der Waals surface area contributed by atoms with E-state index in [0.29, 0.717) is 36.2 Å². The quantitative estimate of drug-likeness (QED) is 0.328. The first-order chi connectivity index (χ1) is 14.6. The molecule has 0 amide bonds. The van der Waals surface area contributed by atoms with Gasteiger partial charge in [0.05, 0.1) is 29.2 Å². The van der Waals surface area contributed by atoms with Crippen molar-refractivity contribution in [1.29, 1.82) is 0 Å². The average molecular weight is 487 g/mol. The Morgan fingerprint density at radius 1 is 1.03 bits per heavy atom. The summed E-state index contributed by atoms with van der Waals surface area (Å²) in [7, 11) is 1.64. The smallest absolute Gasteiger partial charge is 0.175 e. The van der Waals surface area contributed by atoms with E-state index in [1.165, 1.54) is 0 Å². The summed E-state index contributed by atoms with van der Waals surface area (Å²) in [5.41, 5.74) is 4.08. The first kappa shape index (κ1) is 20.7. The molecule has 1 aromatic heterocycles. The van der Waals surface area contributed by atoms with E-state index in [-0.39, 0.29) is 0 Å². The number of nitrogens with one attached hydrogen (secondary N) is 2. The largest absolute Gasteiger partial charge is 0.493 e. The number of halogens is 2. The number of aromatic amines is 1. The molecular weight excluding hydrogens is 466 g/mol. The summed E-state index contributed by atoms with van der Waals surface area (Å²) in [5, 5.41) is 4.10. The van der Waals surface area contributed by atoms with Crippen molar-refractivity contribution in [2.75, 3.05) is 7.11 Å². The molecule has 3 aromatic carbocycles. The molecule has 0 saturated heterocycles. The molecule has 0 fully saturated rings. The molecule has 0 aliphatic carbocycles. The maximum absolute atomic E-state index is 6.05. The van der Waals surface area contributed by atoms with Crippen molar-refractivity contribution < 1.29 is 9.47 Å². The van der Waals surface area contributed by atoms with Crippen molar-refractivity contribution in [3.8, 4) is 11.5 Å². The summed E-state index contributed by atoms with van der Waals surface area (Å²) < 4.78 is 12.4. The summed E-state index contributed by atoms with van der Waals surface area (Å²) in [5.74, 6) is 2.24. The highest BCUT2D eigenvalue weighted by atomic mass is 79.9. The minimum Gasteiger partial charge on any atom is -0.493 e. The average Bonchev–Trinajstić information content (AvgIpc) is 3.15. The Hall–Kier alpha value is -2.54. The van der Waals surface area contributed by atoms with Gasteiger partial charge in [0.15, 0.2) is 11.5 Å². The first-order valence-corrected chi connectivity index (χ1v) is 10.7. The minimum absolute atomic E-state index is 0.402. The third kappa shape index (κ3) is 4.95. The van der Waals surface area contributed by atoms with Crippen molar-refractivity contribution in [3.05, 3.63) is 87.1 Å². The number of aromatic nitrogens is 2. The lowest BCUT2D eigenvalue weighted by Crippen LogP contribution is -2.14. The number of H-pyrrole nitrogens is 1. The molecule has 0 bridgehead atoms. The number of methoxy groups -OCH3 is 1. The number of ether oxygens (including phenoxy) is 2. The molecule has 4 aromatic rings. The van der Waals surface area contributed by atoms with Gasteiger partial charge in [0, 0.05) is 11.6 Å². The van der Waals surface area contributed by atoms with E-state index in [1.54, 1.807) is 7.11 Å². The van der Waals surface area contributed by atoms with Crippen LogP contribution in [-0.2, 0) is 19.7 Å². The first-order valence-electron chi connectivity index (χ1n) is 9.50. The Labute approximate surface area is 188 Å². The topological polar surface area (TPSA) is 59.2 Å². The van der Waals surface area contributed by atoms with E-state index in [2.05, 4.69) is 31.2 Å². The van der Waals surface area contributed by atoms with Crippen LogP contribution in [0, 0.1) is 0 Å². The van der Waals surface area contributed by atoms with Gasteiger partial charge in [0.25, 0.3) is 0 Å². The molecule has 5 nitrogen and oxygen atoms in total. The second-order valence-electron chi connectivity index (χ2n) is 6.83. The zero-order valence-corrected chi connectivity index (χ0v) is 18.8. The molecular formula is C23H21BrClN3O2. The molecule has 30 heavy (non-hydrogen) atoms. The normalized spacial score (nSPS) is 11.0. The van der Waals surface area contributed by atoms with Crippen molar-refractivity contribution in [2.24, 2.45) is 0 Å². The fourth-order valence-corrected chi connectivity index (χ4v) is 4.03. The summed E-state index contributed by atoms with van der Waals surface area (Å²) in [6, 6.07) is 19.6. The molecule has 1 heterocycles. The van der Waals surface area contributed by atoms with Crippen molar-refractivity contribution in [3.63, 3.8) is 0 Å². The number of fused-ring (bicyclic) bond motifs is 1. The molecule has 0 unspecified atom stereocenters. The van der Waals surface area contributed by atoms with Crippen LogP contribution in [0.5, 0.6) is 11.5 Å². The molecule has 7 heteroatoms. The summed E-state index contributed by atoms with van der Waals surface area (Å²) in [4.78, 5) is 7.91. The van der Waals surface area contributed by atoms with Crippen LogP contribution in [0.25, 0.3) is 11.0 Å². The van der Waals surface area contributed by atoms with E-state index in [9.17, 15) is 0 Å². The predicted octanol–water partition coefficient (Wildman–Crippen LogP) is 5.86. The standard InChI is InChI=1S/C23H21BrClN3O2/c1-29-21-11-16(12-26-13-22-27-19-7-2-3-8-20(19)28-22)10-18(24)23(21)30-14-15-5-4-6-17(25)9-15/h2-11,26H,12-14H2,1H3,(H,27,28). The Kier molecular flexibility index (Phi) is 6.57. The molecule has 2 N–H and O–H groups in total. The zero-order chi connectivity index (χ0) is 20.9. The van der Waals surface area contributed by atoms with Gasteiger partial charge in [0.1, 0.15) is 12.4 Å². The van der Waals surface area contributed by atoms with Gasteiger partial charge in [0.2, 0.25) is 0 Å². The van der Waals surface area contributed by atoms with Crippen molar-refractivity contribution in [2.45, 2.75) is 19.7 Å². The van der Waals surface area contributed by atoms with E-state index in [0.717, 1.165) is 32.5 Å². The number of rotatable bonds is 8. The molecule has 4 rings (SSSR count). The van der Waals surface area contributed by atoms with E-state index in [1.807, 2.05) is 60.7 Å². The SMILES string of the molecule is COc1cc(CNCc2nc3ccccc3[nH]2)cc(Br)c1OCc1cccc(Cl)c1. The number of hydrogen-bond donors (Lipinski definition) is 2. The zero-order valence-electron chi connectivity index (χ0n) is 16.4. The van der Waals surface area contributed by atoms with Gasteiger partial charge < -0.3 is 19.8 Å². The number of nitrogens with zero attached hydrogens (tertiary/aromatic N) is 1. The third-order valence-electron chi connectivity index (χ3n) is 4.62. The van der Waals surface area contributed by atoms with Crippen LogP contribution >= 0.6 is 27.5 Å². The maximum atomic E-state index is 6.05. The van der Waals surface area contributed by atoms with Gasteiger partial charge >= 0.3 is 0 Å². The lowest BCUT2D eigenvalue weighted by atomic mass is 10.2. The summed E-state index contributed by atoms with van der Waals surface area (Å²) in [6.07, 6.45) is 0. The monoisotopic (exact) mass is 485 g/mol. The fraction of sp³-hybridized carbons (Fsp3) is 0.174. The molecule has 0 aliphatic heterocycles. The highest BCUT2D eigenvalue weighted by molar-refractivity contribution is 9.10. The van der Waals surface area contributed by atoms with Gasteiger partial charge in [-0.2, -0.15) is 0 Å². The minimum atomic E-state index is 0.402. The van der Waals surface area contributed by atoms with Crippen molar-refractivity contribution >= 4 is 38.6 Å². The van der Waals surface area contributed by atoms with Gasteiger partial charge in [-0.05, 0) is 63.5 Å². The molecule has 0 atom stereocenters. The van der Waals surface area contributed by atoms with Crippen LogP contribution in [0.2, 0.25) is 5.02 Å². The van der Waals surface area contributed by atoms with Crippen LogP contribution in [-0.4, -0.2) is 17.1 Å². The van der Waals surface area contributed by atoms with E-state index >= 15 is 0 Å². The summed E-state index contributed by atoms with van der Waals surface area (Å²) >= 11 is 9.66. The predicted molar refractivity (Wildman–Crippen MR) is 123 cm³/mol. The van der Waals surface area contributed by atoms with Crippen LogP contribution in [0.3, 0.4) is 0 Å². The van der Waals surface area contributed by atoms with E-state index < -0.39 is 0 Å². The molecule has 0 aliphatic rings. The molecule has 154 valence electrons. The van der Waals surface area contributed by atoms with Crippen LogP contribution in [0.15, 0.2) is 65.1 Å². The Balaban J connectivity index is 1.40. The highest BCUT2D eigenvalue weighted by Crippen LogP contribution is 2.37. The van der Waals surface area contributed by atoms with Crippen LogP contribution < -0.4 is 14.8 Å². The molecule has 0 radical (unpaired) electrons. The van der Waals surface area contributed by atoms with Gasteiger partial charge in [-0.1, -0.05) is 35.9 Å². The van der Waals surface area contributed by atoms with Gasteiger partial charge in [-0.3, -0.25) is 0 Å². The lowest BCUT2D eigenvalue weighted by Gasteiger charge is -2.15. The Morgan fingerprint density at radius 3 is 2.70 bits per heavy atom. The Morgan fingerprint density at radius 2 is 1.90 bits per heavy atom. The van der Waals surface area contributed by atoms with Crippen molar-refractivity contribution in [1.82, 2.24) is 15.3 Å². The maximum Gasteiger partial charge on any atom is 0.175 e. The summed E-state index contributed by atoms with van der Waals surface area (Å²) in [6.45, 7) is 1.71. The number of para-hydroxylation sites is 2.